The Labute approximate surface area is 107 Å². The van der Waals surface area contributed by atoms with Crippen molar-refractivity contribution in [2.75, 3.05) is 33.0 Å². The van der Waals surface area contributed by atoms with E-state index >= 15 is 0 Å². The molecule has 0 saturated heterocycles. The van der Waals surface area contributed by atoms with Crippen LogP contribution in [-0.4, -0.2) is 45.1 Å². The highest BCUT2D eigenvalue weighted by atomic mass is 32.2. The normalized spacial score (nSPS) is 11.8. The van der Waals surface area contributed by atoms with Crippen molar-refractivity contribution in [3.05, 3.63) is 18.2 Å². The predicted octanol–water partition coefficient (Wildman–Crippen LogP) is 0.280. The van der Waals surface area contributed by atoms with Crippen LogP contribution in [0.5, 0.6) is 5.75 Å². The highest BCUT2D eigenvalue weighted by molar-refractivity contribution is 7.89. The van der Waals surface area contributed by atoms with Crippen molar-refractivity contribution in [1.82, 2.24) is 4.31 Å². The molecule has 0 aliphatic carbocycles. The summed E-state index contributed by atoms with van der Waals surface area (Å²) in [6.45, 7) is 0.293. The number of sulfonamides is 1. The number of aliphatic hydroxyl groups is 1. The summed E-state index contributed by atoms with van der Waals surface area (Å²) in [5, 5.41) is 8.66. The van der Waals surface area contributed by atoms with E-state index in [1.807, 2.05) is 0 Å². The van der Waals surface area contributed by atoms with Gasteiger partial charge in [-0.3, -0.25) is 0 Å². The smallest absolute Gasteiger partial charge is 0.244 e. The van der Waals surface area contributed by atoms with Crippen molar-refractivity contribution >= 4 is 15.7 Å². The highest BCUT2D eigenvalue weighted by Crippen LogP contribution is 2.29. The average molecular weight is 274 g/mol. The average Bonchev–Trinajstić information content (AvgIpc) is 2.31. The van der Waals surface area contributed by atoms with Gasteiger partial charge < -0.3 is 15.6 Å². The van der Waals surface area contributed by atoms with E-state index in [0.29, 0.717) is 12.2 Å². The van der Waals surface area contributed by atoms with E-state index < -0.39 is 10.0 Å². The van der Waals surface area contributed by atoms with E-state index in [4.69, 9.17) is 15.6 Å². The summed E-state index contributed by atoms with van der Waals surface area (Å²) in [6, 6.07) is 4.60. The van der Waals surface area contributed by atoms with Gasteiger partial charge >= 0.3 is 0 Å². The Bertz CT molecular complexity index is 500. The molecule has 0 atom stereocenters. The number of aliphatic hydroxyl groups excluding tert-OH is 1. The minimum atomic E-state index is -3.58. The van der Waals surface area contributed by atoms with E-state index in [0.717, 1.165) is 4.31 Å². The van der Waals surface area contributed by atoms with Gasteiger partial charge in [0.05, 0.1) is 12.3 Å². The number of rotatable bonds is 6. The van der Waals surface area contributed by atoms with Crippen LogP contribution in [0.25, 0.3) is 0 Å². The van der Waals surface area contributed by atoms with Crippen molar-refractivity contribution in [3.63, 3.8) is 0 Å². The number of benzene rings is 1. The SMILES string of the molecule is CN(C)S(=O)(=O)c1cccc(OCCCO)c1N. The maximum Gasteiger partial charge on any atom is 0.244 e. The molecule has 0 aromatic heterocycles. The van der Waals surface area contributed by atoms with Gasteiger partial charge in [0.2, 0.25) is 10.0 Å². The van der Waals surface area contributed by atoms with E-state index in [2.05, 4.69) is 0 Å². The van der Waals surface area contributed by atoms with Crippen molar-refractivity contribution in [3.8, 4) is 5.75 Å². The molecule has 0 spiro atoms. The summed E-state index contributed by atoms with van der Waals surface area (Å²) < 4.78 is 30.4. The van der Waals surface area contributed by atoms with Gasteiger partial charge in [-0.2, -0.15) is 0 Å². The van der Waals surface area contributed by atoms with E-state index in [1.165, 1.54) is 20.2 Å². The number of nitrogens with two attached hydrogens (primary N) is 1. The van der Waals surface area contributed by atoms with E-state index in [1.54, 1.807) is 12.1 Å². The van der Waals surface area contributed by atoms with Crippen LogP contribution in [0.15, 0.2) is 23.1 Å². The summed E-state index contributed by atoms with van der Waals surface area (Å²) in [5.41, 5.74) is 5.88. The summed E-state index contributed by atoms with van der Waals surface area (Å²) in [6.07, 6.45) is 0.462. The maximum absolute atomic E-state index is 12.0. The molecule has 0 amide bonds. The first-order valence-electron chi connectivity index (χ1n) is 5.46. The molecule has 3 N–H and O–H groups in total. The minimum absolute atomic E-state index is 0.00952. The molecule has 18 heavy (non-hydrogen) atoms. The molecule has 0 heterocycles. The van der Waals surface area contributed by atoms with Crippen LogP contribution >= 0.6 is 0 Å². The third kappa shape index (κ3) is 3.12. The zero-order valence-electron chi connectivity index (χ0n) is 10.5. The zero-order valence-corrected chi connectivity index (χ0v) is 11.3. The monoisotopic (exact) mass is 274 g/mol. The van der Waals surface area contributed by atoms with Gasteiger partial charge in [0.25, 0.3) is 0 Å². The molecular formula is C11H18N2O4S. The van der Waals surface area contributed by atoms with Crippen LogP contribution < -0.4 is 10.5 Å². The number of hydrogen-bond acceptors (Lipinski definition) is 5. The molecule has 0 radical (unpaired) electrons. The van der Waals surface area contributed by atoms with Crippen molar-refractivity contribution < 1.29 is 18.3 Å². The number of nitrogen functional groups attached to an aromatic ring is 1. The Morgan fingerprint density at radius 2 is 2.06 bits per heavy atom. The minimum Gasteiger partial charge on any atom is -0.491 e. The number of anilines is 1. The molecule has 1 aromatic carbocycles. The van der Waals surface area contributed by atoms with Gasteiger partial charge in [0, 0.05) is 27.1 Å². The lowest BCUT2D eigenvalue weighted by molar-refractivity contribution is 0.234. The molecule has 1 rings (SSSR count). The van der Waals surface area contributed by atoms with Gasteiger partial charge in [-0.15, -0.1) is 0 Å². The fourth-order valence-corrected chi connectivity index (χ4v) is 2.34. The summed E-state index contributed by atoms with van der Waals surface area (Å²) in [4.78, 5) is 0.0222. The number of hydrogen-bond donors (Lipinski definition) is 2. The molecule has 7 heteroatoms. The third-order valence-corrected chi connectivity index (χ3v) is 4.22. The van der Waals surface area contributed by atoms with Gasteiger partial charge in [-0.05, 0) is 12.1 Å². The zero-order chi connectivity index (χ0) is 13.8. The molecule has 0 unspecified atom stereocenters. The van der Waals surface area contributed by atoms with Gasteiger partial charge in [-0.25, -0.2) is 12.7 Å². The van der Waals surface area contributed by atoms with Gasteiger partial charge in [0.15, 0.2) is 0 Å². The number of para-hydroxylation sites is 1. The maximum atomic E-state index is 12.0. The molecular weight excluding hydrogens is 256 g/mol. The Kier molecular flexibility index (Phi) is 4.94. The van der Waals surface area contributed by atoms with Crippen LogP contribution in [0.3, 0.4) is 0 Å². The summed E-state index contributed by atoms with van der Waals surface area (Å²) >= 11 is 0. The van der Waals surface area contributed by atoms with E-state index in [9.17, 15) is 8.42 Å². The van der Waals surface area contributed by atoms with E-state index in [-0.39, 0.29) is 23.8 Å². The first kappa shape index (κ1) is 14.7. The van der Waals surface area contributed by atoms with Crippen molar-refractivity contribution in [2.24, 2.45) is 0 Å². The topological polar surface area (TPSA) is 92.9 Å². The van der Waals surface area contributed by atoms with Gasteiger partial charge in [0.1, 0.15) is 10.6 Å². The molecule has 0 fully saturated rings. The lowest BCUT2D eigenvalue weighted by Gasteiger charge is -2.15. The molecule has 6 nitrogen and oxygen atoms in total. The predicted molar refractivity (Wildman–Crippen MR) is 68.9 cm³/mol. The summed E-state index contributed by atoms with van der Waals surface area (Å²) in [5.74, 6) is 0.311. The quantitative estimate of drug-likeness (QED) is 0.574. The van der Waals surface area contributed by atoms with Gasteiger partial charge in [-0.1, -0.05) is 6.07 Å². The van der Waals surface area contributed by atoms with Crippen LogP contribution in [0, 0.1) is 0 Å². The Hall–Kier alpha value is -1.31. The molecule has 0 bridgehead atoms. The Morgan fingerprint density at radius 1 is 1.39 bits per heavy atom. The van der Waals surface area contributed by atoms with Crippen LogP contribution in [0.1, 0.15) is 6.42 Å². The lowest BCUT2D eigenvalue weighted by atomic mass is 10.3. The van der Waals surface area contributed by atoms with Crippen LogP contribution in [0.4, 0.5) is 5.69 Å². The second-order valence-electron chi connectivity index (χ2n) is 3.88. The molecule has 0 saturated carbocycles. The fourth-order valence-electron chi connectivity index (χ4n) is 1.32. The summed E-state index contributed by atoms with van der Waals surface area (Å²) in [7, 11) is -0.705. The Balaban J connectivity index is 3.06. The second-order valence-corrected chi connectivity index (χ2v) is 6.00. The lowest BCUT2D eigenvalue weighted by Crippen LogP contribution is -2.23. The third-order valence-electron chi connectivity index (χ3n) is 2.34. The number of nitrogens with zero attached hydrogens (tertiary/aromatic N) is 1. The molecule has 0 aliphatic rings. The first-order valence-corrected chi connectivity index (χ1v) is 6.90. The van der Waals surface area contributed by atoms with Crippen LogP contribution in [0.2, 0.25) is 0 Å². The highest BCUT2D eigenvalue weighted by Gasteiger charge is 2.22. The van der Waals surface area contributed by atoms with Crippen molar-refractivity contribution in [2.45, 2.75) is 11.3 Å². The largest absolute Gasteiger partial charge is 0.491 e. The van der Waals surface area contributed by atoms with Crippen molar-refractivity contribution in [1.29, 1.82) is 0 Å². The number of ether oxygens (including phenoxy) is 1. The molecule has 0 aliphatic heterocycles. The molecule has 1 aromatic rings. The second kappa shape index (κ2) is 6.03. The van der Waals surface area contributed by atoms with Crippen LogP contribution in [-0.2, 0) is 10.0 Å². The fraction of sp³-hybridized carbons (Fsp3) is 0.455. The standard InChI is InChI=1S/C11H18N2O4S/c1-13(2)18(15,16)10-6-3-5-9(11(10)12)17-8-4-7-14/h3,5-6,14H,4,7-8,12H2,1-2H3. The first-order chi connectivity index (χ1) is 8.41. The molecule has 102 valence electrons. The Morgan fingerprint density at radius 3 is 2.61 bits per heavy atom.